The number of hydrogen-bond acceptors (Lipinski definition) is 3. The third-order valence-corrected chi connectivity index (χ3v) is 3.06. The molecule has 1 aromatic carbocycles. The fourth-order valence-electron chi connectivity index (χ4n) is 2.21. The molecular weight excluding hydrogens is 250 g/mol. The van der Waals surface area contributed by atoms with E-state index in [4.69, 9.17) is 9.47 Å². The van der Waals surface area contributed by atoms with Crippen LogP contribution < -0.4 is 10.1 Å². The van der Waals surface area contributed by atoms with Gasteiger partial charge in [-0.25, -0.2) is 0 Å². The molecule has 0 amide bonds. The van der Waals surface area contributed by atoms with Gasteiger partial charge < -0.3 is 14.8 Å². The van der Waals surface area contributed by atoms with Gasteiger partial charge in [-0.3, -0.25) is 0 Å². The first-order valence-electron chi connectivity index (χ1n) is 7.59. The van der Waals surface area contributed by atoms with Crippen LogP contribution in [0.1, 0.15) is 43.9 Å². The smallest absolute Gasteiger partial charge is 0.125 e. The highest BCUT2D eigenvalue weighted by atomic mass is 16.5. The molecular formula is C17H29NO2. The molecule has 0 fully saturated rings. The molecule has 3 nitrogen and oxygen atoms in total. The first kappa shape index (κ1) is 17.0. The van der Waals surface area contributed by atoms with Gasteiger partial charge in [0, 0.05) is 6.54 Å². The minimum absolute atomic E-state index is 0.257. The van der Waals surface area contributed by atoms with Crippen molar-refractivity contribution in [3.63, 3.8) is 0 Å². The fraction of sp³-hybridized carbons (Fsp3) is 0.647. The van der Waals surface area contributed by atoms with Crippen molar-refractivity contribution in [1.82, 2.24) is 5.32 Å². The quantitative estimate of drug-likeness (QED) is 0.701. The van der Waals surface area contributed by atoms with Crippen molar-refractivity contribution in [2.45, 2.75) is 53.7 Å². The molecule has 0 aliphatic heterocycles. The molecule has 0 saturated carbocycles. The first-order chi connectivity index (χ1) is 9.54. The van der Waals surface area contributed by atoms with Gasteiger partial charge in [-0.1, -0.05) is 19.1 Å². The fourth-order valence-corrected chi connectivity index (χ4v) is 2.21. The second kappa shape index (κ2) is 8.98. The van der Waals surface area contributed by atoms with Gasteiger partial charge in [-0.05, 0) is 57.4 Å². The van der Waals surface area contributed by atoms with Gasteiger partial charge in [0.25, 0.3) is 0 Å². The summed E-state index contributed by atoms with van der Waals surface area (Å²) in [6.07, 6.45) is 1.42. The van der Waals surface area contributed by atoms with E-state index in [1.807, 2.05) is 13.8 Å². The Bertz CT molecular complexity index is 379. The SMILES string of the molecule is CCCNCc1cc(C)c(OCCOC(C)C)c(C)c1. The van der Waals surface area contributed by atoms with Crippen LogP contribution in [-0.4, -0.2) is 25.9 Å². The van der Waals surface area contributed by atoms with E-state index in [0.717, 1.165) is 25.3 Å². The zero-order chi connectivity index (χ0) is 15.0. The normalized spacial score (nSPS) is 11.1. The van der Waals surface area contributed by atoms with Gasteiger partial charge in [0.2, 0.25) is 0 Å². The summed E-state index contributed by atoms with van der Waals surface area (Å²) in [5.74, 6) is 0.997. The molecule has 0 atom stereocenters. The lowest BCUT2D eigenvalue weighted by Gasteiger charge is -2.15. The summed E-state index contributed by atoms with van der Waals surface area (Å²) >= 11 is 0. The van der Waals surface area contributed by atoms with Crippen molar-refractivity contribution in [1.29, 1.82) is 0 Å². The maximum absolute atomic E-state index is 5.85. The topological polar surface area (TPSA) is 30.5 Å². The van der Waals surface area contributed by atoms with Crippen molar-refractivity contribution in [3.05, 3.63) is 28.8 Å². The summed E-state index contributed by atoms with van der Waals surface area (Å²) in [4.78, 5) is 0. The van der Waals surface area contributed by atoms with E-state index in [9.17, 15) is 0 Å². The lowest BCUT2D eigenvalue weighted by molar-refractivity contribution is 0.0550. The van der Waals surface area contributed by atoms with Crippen LogP contribution in [0.2, 0.25) is 0 Å². The maximum atomic E-state index is 5.85. The predicted octanol–water partition coefficient (Wildman–Crippen LogP) is 3.61. The average Bonchev–Trinajstić information content (AvgIpc) is 2.37. The van der Waals surface area contributed by atoms with Crippen LogP contribution in [0.5, 0.6) is 5.75 Å². The monoisotopic (exact) mass is 279 g/mol. The number of benzene rings is 1. The molecule has 0 unspecified atom stereocenters. The highest BCUT2D eigenvalue weighted by Gasteiger charge is 2.06. The molecule has 3 heteroatoms. The van der Waals surface area contributed by atoms with Crippen molar-refractivity contribution in [3.8, 4) is 5.75 Å². The zero-order valence-electron chi connectivity index (χ0n) is 13.6. The summed E-state index contributed by atoms with van der Waals surface area (Å²) in [7, 11) is 0. The Morgan fingerprint density at radius 2 is 1.75 bits per heavy atom. The van der Waals surface area contributed by atoms with Crippen molar-refractivity contribution in [2.24, 2.45) is 0 Å². The molecule has 0 saturated heterocycles. The maximum Gasteiger partial charge on any atom is 0.125 e. The number of aryl methyl sites for hydroxylation is 2. The first-order valence-corrected chi connectivity index (χ1v) is 7.59. The number of rotatable bonds is 9. The third kappa shape index (κ3) is 5.93. The van der Waals surface area contributed by atoms with E-state index in [-0.39, 0.29) is 6.10 Å². The van der Waals surface area contributed by atoms with Gasteiger partial charge in [0.15, 0.2) is 0 Å². The molecule has 0 aliphatic rings. The molecule has 0 aromatic heterocycles. The lowest BCUT2D eigenvalue weighted by atomic mass is 10.1. The second-order valence-electron chi connectivity index (χ2n) is 5.50. The molecule has 1 rings (SSSR count). The minimum Gasteiger partial charge on any atom is -0.491 e. The Kier molecular flexibility index (Phi) is 7.63. The Morgan fingerprint density at radius 1 is 1.10 bits per heavy atom. The number of nitrogens with one attached hydrogen (secondary N) is 1. The van der Waals surface area contributed by atoms with E-state index < -0.39 is 0 Å². The molecule has 0 bridgehead atoms. The summed E-state index contributed by atoms with van der Waals surface area (Å²) in [6.45, 7) is 13.7. The molecule has 20 heavy (non-hydrogen) atoms. The van der Waals surface area contributed by atoms with Crippen molar-refractivity contribution in [2.75, 3.05) is 19.8 Å². The van der Waals surface area contributed by atoms with Crippen LogP contribution >= 0.6 is 0 Å². The van der Waals surface area contributed by atoms with Crippen LogP contribution in [0, 0.1) is 13.8 Å². The lowest BCUT2D eigenvalue weighted by Crippen LogP contribution is -2.15. The van der Waals surface area contributed by atoms with Crippen molar-refractivity contribution < 1.29 is 9.47 Å². The minimum atomic E-state index is 0.257. The molecule has 114 valence electrons. The van der Waals surface area contributed by atoms with Crippen LogP contribution in [0.3, 0.4) is 0 Å². The van der Waals surface area contributed by atoms with Crippen molar-refractivity contribution >= 4 is 0 Å². The molecule has 0 spiro atoms. The molecule has 1 N–H and O–H groups in total. The summed E-state index contributed by atoms with van der Waals surface area (Å²) in [5.41, 5.74) is 3.71. The van der Waals surface area contributed by atoms with Crippen LogP contribution in [0.4, 0.5) is 0 Å². The molecule has 0 radical (unpaired) electrons. The van der Waals surface area contributed by atoms with E-state index >= 15 is 0 Å². The van der Waals surface area contributed by atoms with Gasteiger partial charge >= 0.3 is 0 Å². The number of ether oxygens (including phenoxy) is 2. The highest BCUT2D eigenvalue weighted by molar-refractivity contribution is 5.43. The Balaban J connectivity index is 2.55. The third-order valence-electron chi connectivity index (χ3n) is 3.06. The summed E-state index contributed by atoms with van der Waals surface area (Å²) in [6, 6.07) is 4.41. The van der Waals surface area contributed by atoms with Gasteiger partial charge in [-0.2, -0.15) is 0 Å². The predicted molar refractivity (Wildman–Crippen MR) is 84.5 cm³/mol. The van der Waals surface area contributed by atoms with Crippen LogP contribution in [0.15, 0.2) is 12.1 Å². The second-order valence-corrected chi connectivity index (χ2v) is 5.50. The highest BCUT2D eigenvalue weighted by Crippen LogP contribution is 2.24. The van der Waals surface area contributed by atoms with Crippen LogP contribution in [0.25, 0.3) is 0 Å². The zero-order valence-corrected chi connectivity index (χ0v) is 13.6. The van der Waals surface area contributed by atoms with E-state index in [0.29, 0.717) is 13.2 Å². The largest absolute Gasteiger partial charge is 0.491 e. The average molecular weight is 279 g/mol. The van der Waals surface area contributed by atoms with Crippen LogP contribution in [-0.2, 0) is 11.3 Å². The molecule has 0 aliphatic carbocycles. The Hall–Kier alpha value is -1.06. The Morgan fingerprint density at radius 3 is 2.30 bits per heavy atom. The van der Waals surface area contributed by atoms with Gasteiger partial charge in [0.05, 0.1) is 12.7 Å². The van der Waals surface area contributed by atoms with E-state index in [1.54, 1.807) is 0 Å². The Labute approximate surface area is 123 Å². The summed E-state index contributed by atoms with van der Waals surface area (Å²) < 4.78 is 11.4. The van der Waals surface area contributed by atoms with E-state index in [2.05, 4.69) is 38.2 Å². The van der Waals surface area contributed by atoms with Gasteiger partial charge in [-0.15, -0.1) is 0 Å². The standard InChI is InChI=1S/C17H29NO2/c1-6-7-18-12-16-10-14(4)17(15(5)11-16)20-9-8-19-13(2)3/h10-11,13,18H,6-9,12H2,1-5H3. The molecule has 1 aromatic rings. The van der Waals surface area contributed by atoms with E-state index in [1.165, 1.54) is 16.7 Å². The van der Waals surface area contributed by atoms with Gasteiger partial charge in [0.1, 0.15) is 12.4 Å². The number of hydrogen-bond donors (Lipinski definition) is 1. The molecule has 0 heterocycles. The summed E-state index contributed by atoms with van der Waals surface area (Å²) in [5, 5.41) is 3.43.